The summed E-state index contributed by atoms with van der Waals surface area (Å²) >= 11 is 0. The molecule has 2 rings (SSSR count). The van der Waals surface area contributed by atoms with E-state index in [1.807, 2.05) is 31.1 Å². The van der Waals surface area contributed by atoms with E-state index in [2.05, 4.69) is 11.9 Å². The van der Waals surface area contributed by atoms with Gasteiger partial charge in [0.25, 0.3) is 0 Å². The maximum atomic E-state index is 12.7. The molecule has 0 radical (unpaired) electrons. The standard InChI is InChI=1S/C23H37N3O2/c1-4-5-7-19-9-12-21(13-10-19)23(28)26(3)17-16-25(2)22(27)14-11-20-8-6-15-24-18-20/h6,8,15,18-19,21H,4-5,7,9-14,16-17H2,1-3H3. The monoisotopic (exact) mass is 387 g/mol. The van der Waals surface area contributed by atoms with Crippen LogP contribution in [0, 0.1) is 11.8 Å². The summed E-state index contributed by atoms with van der Waals surface area (Å²) in [5.41, 5.74) is 1.08. The van der Waals surface area contributed by atoms with Crippen molar-refractivity contribution in [3.8, 4) is 0 Å². The maximum absolute atomic E-state index is 12.7. The summed E-state index contributed by atoms with van der Waals surface area (Å²) < 4.78 is 0. The van der Waals surface area contributed by atoms with E-state index in [1.54, 1.807) is 17.3 Å². The highest BCUT2D eigenvalue weighted by Crippen LogP contribution is 2.32. The van der Waals surface area contributed by atoms with Gasteiger partial charge in [-0.2, -0.15) is 0 Å². The minimum Gasteiger partial charge on any atom is -0.344 e. The smallest absolute Gasteiger partial charge is 0.225 e. The molecule has 1 fully saturated rings. The van der Waals surface area contributed by atoms with E-state index in [9.17, 15) is 9.59 Å². The van der Waals surface area contributed by atoms with Crippen LogP contribution in [0.3, 0.4) is 0 Å². The summed E-state index contributed by atoms with van der Waals surface area (Å²) in [5.74, 6) is 1.36. The summed E-state index contributed by atoms with van der Waals surface area (Å²) in [7, 11) is 3.70. The van der Waals surface area contributed by atoms with Crippen LogP contribution in [-0.4, -0.2) is 53.8 Å². The van der Waals surface area contributed by atoms with Gasteiger partial charge in [0.15, 0.2) is 0 Å². The fraction of sp³-hybridized carbons (Fsp3) is 0.696. The Morgan fingerprint density at radius 3 is 2.46 bits per heavy atom. The van der Waals surface area contributed by atoms with E-state index in [-0.39, 0.29) is 17.7 Å². The third kappa shape index (κ3) is 7.25. The Kier molecular flexibility index (Phi) is 9.45. The Balaban J connectivity index is 1.67. The molecule has 1 heterocycles. The number of aromatic nitrogens is 1. The first kappa shape index (κ1) is 22.4. The minimum atomic E-state index is 0.112. The average Bonchev–Trinajstić information content (AvgIpc) is 2.74. The molecule has 1 aliphatic carbocycles. The van der Waals surface area contributed by atoms with Gasteiger partial charge >= 0.3 is 0 Å². The molecule has 0 spiro atoms. The topological polar surface area (TPSA) is 53.5 Å². The van der Waals surface area contributed by atoms with E-state index in [0.717, 1.165) is 24.3 Å². The second-order valence-electron chi connectivity index (χ2n) is 8.30. The molecule has 5 nitrogen and oxygen atoms in total. The zero-order chi connectivity index (χ0) is 20.4. The summed E-state index contributed by atoms with van der Waals surface area (Å²) in [6.45, 7) is 3.43. The van der Waals surface area contributed by atoms with Crippen LogP contribution in [0.25, 0.3) is 0 Å². The van der Waals surface area contributed by atoms with Crippen molar-refractivity contribution in [2.75, 3.05) is 27.2 Å². The van der Waals surface area contributed by atoms with Gasteiger partial charge in [-0.3, -0.25) is 14.6 Å². The largest absolute Gasteiger partial charge is 0.344 e. The van der Waals surface area contributed by atoms with Gasteiger partial charge < -0.3 is 9.80 Å². The van der Waals surface area contributed by atoms with Gasteiger partial charge in [0, 0.05) is 51.9 Å². The van der Waals surface area contributed by atoms with Gasteiger partial charge in [-0.1, -0.05) is 32.3 Å². The second kappa shape index (κ2) is 11.8. The van der Waals surface area contributed by atoms with Crippen LogP contribution in [0.1, 0.15) is 63.9 Å². The molecule has 0 atom stereocenters. The lowest BCUT2D eigenvalue weighted by Gasteiger charge is -2.31. The van der Waals surface area contributed by atoms with Gasteiger partial charge in [0.2, 0.25) is 11.8 Å². The van der Waals surface area contributed by atoms with E-state index < -0.39 is 0 Å². The zero-order valence-electron chi connectivity index (χ0n) is 17.9. The Hall–Kier alpha value is -1.91. The predicted octanol–water partition coefficient (Wildman–Crippen LogP) is 3.93. The highest BCUT2D eigenvalue weighted by molar-refractivity contribution is 5.79. The van der Waals surface area contributed by atoms with E-state index in [0.29, 0.717) is 25.9 Å². The van der Waals surface area contributed by atoms with Gasteiger partial charge in [-0.05, 0) is 49.7 Å². The molecule has 1 aromatic rings. The molecule has 0 bridgehead atoms. The van der Waals surface area contributed by atoms with Crippen LogP contribution >= 0.6 is 0 Å². The molecular formula is C23H37N3O2. The van der Waals surface area contributed by atoms with Crippen molar-refractivity contribution < 1.29 is 9.59 Å². The normalized spacial score (nSPS) is 19.2. The van der Waals surface area contributed by atoms with Crippen LogP contribution in [0.4, 0.5) is 0 Å². The fourth-order valence-corrected chi connectivity index (χ4v) is 4.03. The molecule has 0 aliphatic heterocycles. The Morgan fingerprint density at radius 2 is 1.82 bits per heavy atom. The number of amides is 2. The molecule has 156 valence electrons. The summed E-state index contributed by atoms with van der Waals surface area (Å²) in [4.78, 5) is 32.7. The van der Waals surface area contributed by atoms with Crippen molar-refractivity contribution in [1.82, 2.24) is 14.8 Å². The number of aryl methyl sites for hydroxylation is 1. The van der Waals surface area contributed by atoms with Crippen molar-refractivity contribution >= 4 is 11.8 Å². The number of nitrogens with zero attached hydrogens (tertiary/aromatic N) is 3. The summed E-state index contributed by atoms with van der Waals surface area (Å²) in [6.07, 6.45) is 13.0. The highest BCUT2D eigenvalue weighted by atomic mass is 16.2. The first-order chi connectivity index (χ1) is 13.5. The van der Waals surface area contributed by atoms with Gasteiger partial charge in [0.1, 0.15) is 0 Å². The molecular weight excluding hydrogens is 350 g/mol. The van der Waals surface area contributed by atoms with Crippen molar-refractivity contribution in [3.63, 3.8) is 0 Å². The van der Waals surface area contributed by atoms with Crippen LogP contribution in [0.2, 0.25) is 0 Å². The van der Waals surface area contributed by atoms with Crippen LogP contribution in [-0.2, 0) is 16.0 Å². The molecule has 0 unspecified atom stereocenters. The second-order valence-corrected chi connectivity index (χ2v) is 8.30. The van der Waals surface area contributed by atoms with Crippen LogP contribution < -0.4 is 0 Å². The van der Waals surface area contributed by atoms with E-state index in [4.69, 9.17) is 0 Å². The lowest BCUT2D eigenvalue weighted by molar-refractivity contribution is -0.137. The summed E-state index contributed by atoms with van der Waals surface area (Å²) in [6, 6.07) is 3.88. The fourth-order valence-electron chi connectivity index (χ4n) is 4.03. The Labute approximate surface area is 170 Å². The Morgan fingerprint density at radius 1 is 1.11 bits per heavy atom. The molecule has 28 heavy (non-hydrogen) atoms. The summed E-state index contributed by atoms with van der Waals surface area (Å²) in [5, 5.41) is 0. The number of carbonyl (C=O) groups is 2. The zero-order valence-corrected chi connectivity index (χ0v) is 17.9. The number of rotatable bonds is 10. The third-order valence-electron chi connectivity index (χ3n) is 6.09. The Bertz CT molecular complexity index is 597. The predicted molar refractivity (Wildman–Crippen MR) is 113 cm³/mol. The van der Waals surface area contributed by atoms with Gasteiger partial charge in [-0.15, -0.1) is 0 Å². The first-order valence-electron chi connectivity index (χ1n) is 10.9. The number of hydrogen-bond donors (Lipinski definition) is 0. The molecule has 1 saturated carbocycles. The number of hydrogen-bond acceptors (Lipinski definition) is 3. The minimum absolute atomic E-state index is 0.112. The third-order valence-corrected chi connectivity index (χ3v) is 6.09. The molecule has 0 saturated heterocycles. The quantitative estimate of drug-likeness (QED) is 0.611. The lowest BCUT2D eigenvalue weighted by atomic mass is 9.79. The number of unbranched alkanes of at least 4 members (excludes halogenated alkanes) is 1. The molecule has 5 heteroatoms. The van der Waals surface area contributed by atoms with Crippen LogP contribution in [0.5, 0.6) is 0 Å². The van der Waals surface area contributed by atoms with E-state index in [1.165, 1.54) is 32.1 Å². The lowest BCUT2D eigenvalue weighted by Crippen LogP contribution is -2.40. The number of likely N-dealkylation sites (N-methyl/N-ethyl adjacent to an activating group) is 2. The van der Waals surface area contributed by atoms with Gasteiger partial charge in [-0.25, -0.2) is 0 Å². The molecule has 0 N–H and O–H groups in total. The number of pyridine rings is 1. The van der Waals surface area contributed by atoms with Crippen LogP contribution in [0.15, 0.2) is 24.5 Å². The molecule has 1 aromatic heterocycles. The van der Waals surface area contributed by atoms with Gasteiger partial charge in [0.05, 0.1) is 0 Å². The average molecular weight is 388 g/mol. The first-order valence-corrected chi connectivity index (χ1v) is 10.9. The molecule has 0 aromatic carbocycles. The van der Waals surface area contributed by atoms with Crippen molar-refractivity contribution in [2.45, 2.75) is 64.7 Å². The highest BCUT2D eigenvalue weighted by Gasteiger charge is 2.28. The molecule has 1 aliphatic rings. The number of carbonyl (C=O) groups excluding carboxylic acids is 2. The van der Waals surface area contributed by atoms with Crippen molar-refractivity contribution in [3.05, 3.63) is 30.1 Å². The SMILES string of the molecule is CCCCC1CCC(C(=O)N(C)CCN(C)C(=O)CCc2cccnc2)CC1. The van der Waals surface area contributed by atoms with E-state index >= 15 is 0 Å². The maximum Gasteiger partial charge on any atom is 0.225 e. The van der Waals surface area contributed by atoms with Crippen molar-refractivity contribution in [1.29, 1.82) is 0 Å². The van der Waals surface area contributed by atoms with Crippen molar-refractivity contribution in [2.24, 2.45) is 11.8 Å². The molecule has 2 amide bonds.